The standard InChI is InChI=1S/C9H15NO5/c1-6(2)8(13)9(14)10-3-4-15-5-7(11)12/h6H,3-5H2,1-2H3,(H,10,14)(H,11,12). The highest BCUT2D eigenvalue weighted by atomic mass is 16.5. The van der Waals surface area contributed by atoms with Crippen LogP contribution in [-0.4, -0.2) is 42.5 Å². The molecule has 0 atom stereocenters. The molecule has 0 aliphatic carbocycles. The average molecular weight is 217 g/mol. The zero-order valence-electron chi connectivity index (χ0n) is 8.78. The predicted molar refractivity (Wildman–Crippen MR) is 51.3 cm³/mol. The van der Waals surface area contributed by atoms with Crippen molar-refractivity contribution in [2.24, 2.45) is 5.92 Å². The number of ketones is 1. The van der Waals surface area contributed by atoms with Gasteiger partial charge in [-0.15, -0.1) is 0 Å². The van der Waals surface area contributed by atoms with E-state index >= 15 is 0 Å². The lowest BCUT2D eigenvalue weighted by atomic mass is 10.1. The Kier molecular flexibility index (Phi) is 6.28. The van der Waals surface area contributed by atoms with Gasteiger partial charge >= 0.3 is 5.97 Å². The van der Waals surface area contributed by atoms with Crippen molar-refractivity contribution in [3.63, 3.8) is 0 Å². The van der Waals surface area contributed by atoms with Gasteiger partial charge in [0.25, 0.3) is 5.91 Å². The van der Waals surface area contributed by atoms with Crippen LogP contribution < -0.4 is 5.32 Å². The Balaban J connectivity index is 3.56. The van der Waals surface area contributed by atoms with Crippen LogP contribution in [0.5, 0.6) is 0 Å². The molecule has 86 valence electrons. The Morgan fingerprint density at radius 2 is 1.93 bits per heavy atom. The maximum atomic E-state index is 11.1. The van der Waals surface area contributed by atoms with Gasteiger partial charge in [0.15, 0.2) is 0 Å². The third-order valence-electron chi connectivity index (χ3n) is 1.51. The van der Waals surface area contributed by atoms with Crippen LogP contribution in [0.25, 0.3) is 0 Å². The summed E-state index contributed by atoms with van der Waals surface area (Å²) in [6.07, 6.45) is 0. The monoisotopic (exact) mass is 217 g/mol. The first-order valence-electron chi connectivity index (χ1n) is 4.56. The van der Waals surface area contributed by atoms with Crippen molar-refractivity contribution in [2.75, 3.05) is 19.8 Å². The second-order valence-electron chi connectivity index (χ2n) is 3.22. The number of hydrogen-bond donors (Lipinski definition) is 2. The van der Waals surface area contributed by atoms with Crippen LogP contribution in [0.4, 0.5) is 0 Å². The van der Waals surface area contributed by atoms with E-state index in [1.54, 1.807) is 13.8 Å². The first-order valence-corrected chi connectivity index (χ1v) is 4.56. The second kappa shape index (κ2) is 6.94. The van der Waals surface area contributed by atoms with Crippen LogP contribution in [0.1, 0.15) is 13.8 Å². The number of aliphatic carboxylic acids is 1. The minimum Gasteiger partial charge on any atom is -0.480 e. The zero-order valence-corrected chi connectivity index (χ0v) is 8.78. The minimum atomic E-state index is -1.07. The van der Waals surface area contributed by atoms with Crippen molar-refractivity contribution < 1.29 is 24.2 Å². The maximum Gasteiger partial charge on any atom is 0.329 e. The van der Waals surface area contributed by atoms with Gasteiger partial charge in [0.1, 0.15) is 6.61 Å². The number of hydrogen-bond acceptors (Lipinski definition) is 4. The van der Waals surface area contributed by atoms with E-state index in [4.69, 9.17) is 5.11 Å². The number of carboxylic acid groups (broad SMARTS) is 1. The molecule has 0 spiro atoms. The van der Waals surface area contributed by atoms with Crippen molar-refractivity contribution >= 4 is 17.7 Å². The van der Waals surface area contributed by atoms with E-state index in [0.717, 1.165) is 0 Å². The summed E-state index contributed by atoms with van der Waals surface area (Å²) in [6, 6.07) is 0. The lowest BCUT2D eigenvalue weighted by Crippen LogP contribution is -2.35. The second-order valence-corrected chi connectivity index (χ2v) is 3.22. The molecule has 0 radical (unpaired) electrons. The molecule has 0 aromatic rings. The van der Waals surface area contributed by atoms with E-state index in [1.807, 2.05) is 0 Å². The molecule has 15 heavy (non-hydrogen) atoms. The van der Waals surface area contributed by atoms with E-state index in [9.17, 15) is 14.4 Å². The molecule has 0 unspecified atom stereocenters. The lowest BCUT2D eigenvalue weighted by Gasteiger charge is -2.05. The number of carboxylic acids is 1. The number of carbonyl (C=O) groups excluding carboxylic acids is 2. The van der Waals surface area contributed by atoms with Crippen LogP contribution in [0, 0.1) is 5.92 Å². The summed E-state index contributed by atoms with van der Waals surface area (Å²) >= 11 is 0. The highest BCUT2D eigenvalue weighted by Gasteiger charge is 2.16. The Hall–Kier alpha value is -1.43. The van der Waals surface area contributed by atoms with E-state index in [2.05, 4.69) is 10.1 Å². The molecule has 0 aromatic heterocycles. The fraction of sp³-hybridized carbons (Fsp3) is 0.667. The SMILES string of the molecule is CC(C)C(=O)C(=O)NCCOCC(=O)O. The summed E-state index contributed by atoms with van der Waals surface area (Å²) in [5, 5.41) is 10.5. The molecule has 0 rings (SSSR count). The molecule has 0 aliphatic rings. The van der Waals surface area contributed by atoms with Crippen molar-refractivity contribution in [2.45, 2.75) is 13.8 Å². The number of nitrogens with one attached hydrogen (secondary N) is 1. The van der Waals surface area contributed by atoms with Crippen LogP contribution in [0.2, 0.25) is 0 Å². The molecular formula is C9H15NO5. The molecule has 0 saturated carbocycles. The van der Waals surface area contributed by atoms with Crippen molar-refractivity contribution in [1.82, 2.24) is 5.32 Å². The van der Waals surface area contributed by atoms with Gasteiger partial charge in [-0.1, -0.05) is 13.8 Å². The fourth-order valence-corrected chi connectivity index (χ4v) is 0.746. The predicted octanol–water partition coefficient (Wildman–Crippen LogP) is -0.571. The summed E-state index contributed by atoms with van der Waals surface area (Å²) in [5.41, 5.74) is 0. The maximum absolute atomic E-state index is 11.1. The van der Waals surface area contributed by atoms with Gasteiger partial charge < -0.3 is 15.2 Å². The van der Waals surface area contributed by atoms with Gasteiger partial charge in [0.05, 0.1) is 6.61 Å². The summed E-state index contributed by atoms with van der Waals surface area (Å²) in [7, 11) is 0. The van der Waals surface area contributed by atoms with E-state index in [0.29, 0.717) is 0 Å². The Bertz CT molecular complexity index is 249. The largest absolute Gasteiger partial charge is 0.480 e. The summed E-state index contributed by atoms with van der Waals surface area (Å²) in [5.74, 6) is -2.57. The van der Waals surface area contributed by atoms with Crippen molar-refractivity contribution in [1.29, 1.82) is 0 Å². The number of ether oxygens (including phenoxy) is 1. The van der Waals surface area contributed by atoms with E-state index < -0.39 is 24.3 Å². The molecule has 0 aliphatic heterocycles. The van der Waals surface area contributed by atoms with Gasteiger partial charge in [0.2, 0.25) is 5.78 Å². The molecule has 1 amide bonds. The number of amides is 1. The molecule has 0 saturated heterocycles. The smallest absolute Gasteiger partial charge is 0.329 e. The molecule has 0 fully saturated rings. The molecule has 0 bridgehead atoms. The summed E-state index contributed by atoms with van der Waals surface area (Å²) < 4.78 is 4.66. The highest BCUT2D eigenvalue weighted by molar-refractivity contribution is 6.36. The Morgan fingerprint density at radius 3 is 2.40 bits per heavy atom. The van der Waals surface area contributed by atoms with E-state index in [-0.39, 0.29) is 19.1 Å². The normalized spacial score (nSPS) is 10.1. The molecule has 0 aromatic carbocycles. The topological polar surface area (TPSA) is 92.7 Å². The number of carbonyl (C=O) groups is 3. The Morgan fingerprint density at radius 1 is 1.33 bits per heavy atom. The number of rotatable bonds is 7. The van der Waals surface area contributed by atoms with Crippen LogP contribution in [0.15, 0.2) is 0 Å². The summed E-state index contributed by atoms with van der Waals surface area (Å²) in [4.78, 5) is 32.1. The third kappa shape index (κ3) is 6.62. The molecule has 6 nitrogen and oxygen atoms in total. The van der Waals surface area contributed by atoms with Crippen molar-refractivity contribution in [3.8, 4) is 0 Å². The summed E-state index contributed by atoms with van der Waals surface area (Å²) in [6.45, 7) is 3.05. The highest BCUT2D eigenvalue weighted by Crippen LogP contribution is 1.93. The average Bonchev–Trinajstić information content (AvgIpc) is 2.15. The van der Waals surface area contributed by atoms with Crippen LogP contribution in [0.3, 0.4) is 0 Å². The molecular weight excluding hydrogens is 202 g/mol. The Labute approximate surface area is 87.6 Å². The number of Topliss-reactive ketones (excluding diaryl/α,β-unsaturated/α-hetero) is 1. The first-order chi connectivity index (χ1) is 6.95. The van der Waals surface area contributed by atoms with Gasteiger partial charge in [-0.3, -0.25) is 9.59 Å². The van der Waals surface area contributed by atoms with E-state index in [1.165, 1.54) is 0 Å². The third-order valence-corrected chi connectivity index (χ3v) is 1.51. The minimum absolute atomic E-state index is 0.0728. The van der Waals surface area contributed by atoms with Gasteiger partial charge in [-0.25, -0.2) is 4.79 Å². The quantitative estimate of drug-likeness (QED) is 0.440. The molecule has 2 N–H and O–H groups in total. The van der Waals surface area contributed by atoms with Crippen LogP contribution in [-0.2, 0) is 19.1 Å². The molecule has 6 heteroatoms. The first kappa shape index (κ1) is 13.6. The lowest BCUT2D eigenvalue weighted by molar-refractivity contribution is -0.142. The zero-order chi connectivity index (χ0) is 11.8. The van der Waals surface area contributed by atoms with Gasteiger partial charge in [0, 0.05) is 12.5 Å². The van der Waals surface area contributed by atoms with Crippen LogP contribution >= 0.6 is 0 Å². The van der Waals surface area contributed by atoms with Gasteiger partial charge in [-0.2, -0.15) is 0 Å². The molecule has 0 heterocycles. The van der Waals surface area contributed by atoms with Crippen molar-refractivity contribution in [3.05, 3.63) is 0 Å². The fourth-order valence-electron chi connectivity index (χ4n) is 0.746. The van der Waals surface area contributed by atoms with Gasteiger partial charge in [-0.05, 0) is 0 Å².